The predicted molar refractivity (Wildman–Crippen MR) is 127 cm³/mol. The van der Waals surface area contributed by atoms with Crippen LogP contribution in [-0.4, -0.2) is 78.0 Å². The summed E-state index contributed by atoms with van der Waals surface area (Å²) in [4.78, 5) is 23.6. The summed E-state index contributed by atoms with van der Waals surface area (Å²) < 4.78 is 35.8. The molecule has 34 heavy (non-hydrogen) atoms. The van der Waals surface area contributed by atoms with Crippen molar-refractivity contribution in [1.29, 1.82) is 0 Å². The van der Waals surface area contributed by atoms with Gasteiger partial charge >= 0.3 is 0 Å². The third-order valence-corrected chi connectivity index (χ3v) is 5.90. The Hall–Kier alpha value is -2.65. The maximum Gasteiger partial charge on any atom is 0.242 e. The number of likely N-dealkylation sites (tertiary alicyclic amines) is 1. The lowest BCUT2D eigenvalue weighted by Gasteiger charge is -2.48. The number of rotatable bonds is 6. The van der Waals surface area contributed by atoms with Crippen molar-refractivity contribution < 1.29 is 18.0 Å². The van der Waals surface area contributed by atoms with Gasteiger partial charge in [-0.1, -0.05) is 24.3 Å². The molecule has 1 aromatic carbocycles. The SMILES string of the molecule is CC(C)(F)F.N[C@@H](CC(=O)N1CC(N2CCN(c3ccccn3)CC2)C1)Cc1ccccc1F. The van der Waals surface area contributed by atoms with Crippen LogP contribution >= 0.6 is 0 Å². The molecular weight excluding hydrogens is 443 g/mol. The number of anilines is 1. The standard InChI is InChI=1S/C22H28FN5O.C3H6F2/c23-20-6-2-1-5-17(20)13-18(24)14-22(29)28-15-19(16-28)26-9-11-27(12-10-26)21-7-3-4-8-25-21;1-3(2,4)5/h1-8,18-19H,9-16,24H2;1-2H3/t18-;/m1./s1. The van der Waals surface area contributed by atoms with Crippen molar-refractivity contribution in [2.24, 2.45) is 5.73 Å². The molecule has 6 nitrogen and oxygen atoms in total. The maximum absolute atomic E-state index is 13.8. The molecule has 2 saturated heterocycles. The van der Waals surface area contributed by atoms with Crippen LogP contribution in [0, 0.1) is 5.82 Å². The average molecular weight is 478 g/mol. The largest absolute Gasteiger partial charge is 0.354 e. The van der Waals surface area contributed by atoms with Crippen LogP contribution in [0.25, 0.3) is 0 Å². The molecule has 4 rings (SSSR count). The molecule has 0 aliphatic carbocycles. The number of halogens is 3. The molecule has 0 spiro atoms. The molecule has 2 fully saturated rings. The number of alkyl halides is 2. The fourth-order valence-corrected chi connectivity index (χ4v) is 4.12. The first-order chi connectivity index (χ1) is 16.1. The van der Waals surface area contributed by atoms with E-state index in [4.69, 9.17) is 5.73 Å². The number of nitrogens with two attached hydrogens (primary N) is 1. The van der Waals surface area contributed by atoms with Crippen molar-refractivity contribution >= 4 is 11.7 Å². The lowest BCUT2D eigenvalue weighted by atomic mass is 10.0. The first kappa shape index (κ1) is 26.0. The Labute approximate surface area is 199 Å². The van der Waals surface area contributed by atoms with Gasteiger partial charge in [-0.05, 0) is 44.0 Å². The zero-order valence-corrected chi connectivity index (χ0v) is 19.8. The van der Waals surface area contributed by atoms with Gasteiger partial charge in [0.2, 0.25) is 11.8 Å². The van der Waals surface area contributed by atoms with Gasteiger partial charge in [0, 0.05) is 64.0 Å². The summed E-state index contributed by atoms with van der Waals surface area (Å²) >= 11 is 0. The van der Waals surface area contributed by atoms with E-state index in [0.717, 1.165) is 58.9 Å². The normalized spacial score (nSPS) is 18.1. The van der Waals surface area contributed by atoms with E-state index in [1.807, 2.05) is 29.3 Å². The Morgan fingerprint density at radius 2 is 1.71 bits per heavy atom. The molecule has 1 aromatic heterocycles. The summed E-state index contributed by atoms with van der Waals surface area (Å²) in [6.45, 7) is 7.10. The molecule has 0 radical (unpaired) electrons. The first-order valence-corrected chi connectivity index (χ1v) is 11.6. The number of pyridine rings is 1. The predicted octanol–water partition coefficient (Wildman–Crippen LogP) is 3.18. The zero-order chi connectivity index (χ0) is 24.7. The van der Waals surface area contributed by atoms with Gasteiger partial charge < -0.3 is 15.5 Å². The lowest BCUT2D eigenvalue weighted by molar-refractivity contribution is -0.139. The molecular formula is C25H34F3N5O. The molecule has 2 aromatic rings. The zero-order valence-electron chi connectivity index (χ0n) is 19.8. The van der Waals surface area contributed by atoms with Crippen molar-refractivity contribution in [3.8, 4) is 0 Å². The van der Waals surface area contributed by atoms with Crippen LogP contribution < -0.4 is 10.6 Å². The van der Waals surface area contributed by atoms with Crippen LogP contribution in [-0.2, 0) is 11.2 Å². The van der Waals surface area contributed by atoms with Crippen molar-refractivity contribution in [3.63, 3.8) is 0 Å². The summed E-state index contributed by atoms with van der Waals surface area (Å²) in [6.07, 6.45) is 2.47. The number of amides is 1. The monoisotopic (exact) mass is 477 g/mol. The second kappa shape index (κ2) is 11.7. The van der Waals surface area contributed by atoms with Crippen LogP contribution in [0.2, 0.25) is 0 Å². The summed E-state index contributed by atoms with van der Waals surface area (Å²) in [5.41, 5.74) is 6.67. The highest BCUT2D eigenvalue weighted by Crippen LogP contribution is 2.21. The number of carbonyl (C=O) groups excluding carboxylic acids is 1. The lowest BCUT2D eigenvalue weighted by Crippen LogP contribution is -2.64. The molecule has 0 saturated carbocycles. The molecule has 3 heterocycles. The first-order valence-electron chi connectivity index (χ1n) is 11.6. The minimum absolute atomic E-state index is 0.0669. The van der Waals surface area contributed by atoms with Crippen LogP contribution in [0.5, 0.6) is 0 Å². The summed E-state index contributed by atoms with van der Waals surface area (Å²) in [6, 6.07) is 12.7. The highest BCUT2D eigenvalue weighted by Gasteiger charge is 2.36. The number of benzene rings is 1. The minimum atomic E-state index is -2.50. The van der Waals surface area contributed by atoms with E-state index in [-0.39, 0.29) is 24.2 Å². The van der Waals surface area contributed by atoms with Crippen molar-refractivity contribution in [3.05, 3.63) is 60.0 Å². The molecule has 186 valence electrons. The van der Waals surface area contributed by atoms with Crippen molar-refractivity contribution in [1.82, 2.24) is 14.8 Å². The Morgan fingerprint density at radius 3 is 2.29 bits per heavy atom. The van der Waals surface area contributed by atoms with E-state index in [2.05, 4.69) is 14.8 Å². The number of nitrogens with zero attached hydrogens (tertiary/aromatic N) is 4. The third-order valence-electron chi connectivity index (χ3n) is 5.90. The minimum Gasteiger partial charge on any atom is -0.354 e. The van der Waals surface area contributed by atoms with Crippen LogP contribution in [0.1, 0.15) is 25.8 Å². The Balaban J connectivity index is 0.000000588. The second-order valence-electron chi connectivity index (χ2n) is 9.25. The van der Waals surface area contributed by atoms with Gasteiger partial charge in [0.25, 0.3) is 0 Å². The van der Waals surface area contributed by atoms with Gasteiger partial charge in [0.05, 0.1) is 0 Å². The molecule has 0 bridgehead atoms. The topological polar surface area (TPSA) is 65.7 Å². The second-order valence-corrected chi connectivity index (χ2v) is 9.25. The fourth-order valence-electron chi connectivity index (χ4n) is 4.12. The Morgan fingerprint density at radius 1 is 1.09 bits per heavy atom. The van der Waals surface area contributed by atoms with Crippen molar-refractivity contribution in [2.75, 3.05) is 44.2 Å². The third kappa shape index (κ3) is 7.99. The maximum atomic E-state index is 13.8. The van der Waals surface area contributed by atoms with Crippen LogP contribution in [0.15, 0.2) is 48.7 Å². The Kier molecular flexibility index (Phi) is 8.90. The van der Waals surface area contributed by atoms with E-state index >= 15 is 0 Å². The number of piperazine rings is 1. The van der Waals surface area contributed by atoms with Gasteiger partial charge in [-0.25, -0.2) is 18.2 Å². The van der Waals surface area contributed by atoms with Crippen LogP contribution in [0.4, 0.5) is 19.0 Å². The molecule has 1 atom stereocenters. The van der Waals surface area contributed by atoms with Gasteiger partial charge in [-0.15, -0.1) is 0 Å². The van der Waals surface area contributed by atoms with Gasteiger partial charge in [-0.2, -0.15) is 0 Å². The summed E-state index contributed by atoms with van der Waals surface area (Å²) in [5, 5.41) is 0. The van der Waals surface area contributed by atoms with Gasteiger partial charge in [0.1, 0.15) is 11.6 Å². The fraction of sp³-hybridized carbons (Fsp3) is 0.520. The van der Waals surface area contributed by atoms with Gasteiger partial charge in [-0.3, -0.25) is 9.69 Å². The van der Waals surface area contributed by atoms with Gasteiger partial charge in [0.15, 0.2) is 0 Å². The quantitative estimate of drug-likeness (QED) is 0.693. The molecule has 2 aliphatic heterocycles. The van der Waals surface area contributed by atoms with E-state index in [1.54, 1.807) is 18.2 Å². The Bertz CT molecular complexity index is 904. The average Bonchev–Trinajstić information content (AvgIpc) is 2.74. The number of hydrogen-bond acceptors (Lipinski definition) is 5. The summed E-state index contributed by atoms with van der Waals surface area (Å²) in [5.74, 6) is -1.66. The molecule has 9 heteroatoms. The smallest absolute Gasteiger partial charge is 0.242 e. The van der Waals surface area contributed by atoms with Crippen molar-refractivity contribution in [2.45, 2.75) is 44.7 Å². The van der Waals surface area contributed by atoms with E-state index < -0.39 is 5.92 Å². The highest BCUT2D eigenvalue weighted by atomic mass is 19.3. The highest BCUT2D eigenvalue weighted by molar-refractivity contribution is 5.77. The molecule has 0 unspecified atom stereocenters. The molecule has 2 N–H and O–H groups in total. The number of hydrogen-bond donors (Lipinski definition) is 1. The molecule has 1 amide bonds. The van der Waals surface area contributed by atoms with Crippen LogP contribution in [0.3, 0.4) is 0 Å². The van der Waals surface area contributed by atoms with E-state index in [1.165, 1.54) is 6.07 Å². The number of carbonyl (C=O) groups is 1. The number of aromatic nitrogens is 1. The van der Waals surface area contributed by atoms with E-state index in [0.29, 0.717) is 18.0 Å². The summed E-state index contributed by atoms with van der Waals surface area (Å²) in [7, 11) is 0. The molecule has 2 aliphatic rings. The van der Waals surface area contributed by atoms with E-state index in [9.17, 15) is 18.0 Å².